The van der Waals surface area contributed by atoms with Crippen molar-refractivity contribution < 1.29 is 4.74 Å². The highest BCUT2D eigenvalue weighted by atomic mass is 35.5. The zero-order valence-electron chi connectivity index (χ0n) is 11.4. The zero-order chi connectivity index (χ0) is 14.1. The summed E-state index contributed by atoms with van der Waals surface area (Å²) in [5.41, 5.74) is 5.40. The van der Waals surface area contributed by atoms with Crippen molar-refractivity contribution in [3.05, 3.63) is 28.9 Å². The normalized spacial score (nSPS) is 15.8. The van der Waals surface area contributed by atoms with Crippen LogP contribution in [0.3, 0.4) is 0 Å². The molecule has 0 amide bonds. The van der Waals surface area contributed by atoms with Crippen molar-refractivity contribution in [2.45, 2.75) is 31.6 Å². The number of aromatic nitrogens is 1. The van der Waals surface area contributed by atoms with Crippen LogP contribution in [-0.2, 0) is 0 Å². The molecule has 1 saturated carbocycles. The Morgan fingerprint density at radius 1 is 1.35 bits per heavy atom. The van der Waals surface area contributed by atoms with Gasteiger partial charge in [0.25, 0.3) is 0 Å². The second-order valence-corrected chi connectivity index (χ2v) is 5.60. The number of nitrogens with one attached hydrogen (secondary N) is 1. The Bertz CT molecular complexity index is 639. The zero-order valence-corrected chi connectivity index (χ0v) is 12.2. The number of methoxy groups -OCH3 is 1. The van der Waals surface area contributed by atoms with Crippen LogP contribution in [0.25, 0.3) is 10.9 Å². The fraction of sp³-hybridized carbons (Fsp3) is 0.400. The van der Waals surface area contributed by atoms with Gasteiger partial charge in [0.05, 0.1) is 17.8 Å². The smallest absolute Gasteiger partial charge is 0.145 e. The summed E-state index contributed by atoms with van der Waals surface area (Å²) in [6.45, 7) is 0. The van der Waals surface area contributed by atoms with Gasteiger partial charge in [0.15, 0.2) is 0 Å². The van der Waals surface area contributed by atoms with Crippen LogP contribution in [0.15, 0.2) is 18.2 Å². The van der Waals surface area contributed by atoms with Crippen molar-refractivity contribution in [1.82, 2.24) is 4.98 Å². The summed E-state index contributed by atoms with van der Waals surface area (Å²) in [6.07, 6.45) is 4.90. The van der Waals surface area contributed by atoms with Gasteiger partial charge in [0, 0.05) is 17.0 Å². The lowest BCUT2D eigenvalue weighted by molar-refractivity contribution is 0.418. The summed E-state index contributed by atoms with van der Waals surface area (Å²) >= 11 is 6.29. The van der Waals surface area contributed by atoms with Crippen LogP contribution >= 0.6 is 11.6 Å². The molecule has 1 aromatic carbocycles. The molecule has 0 saturated heterocycles. The molecule has 5 heteroatoms. The monoisotopic (exact) mass is 291 g/mol. The van der Waals surface area contributed by atoms with E-state index in [1.54, 1.807) is 13.2 Å². The van der Waals surface area contributed by atoms with Gasteiger partial charge in [0.2, 0.25) is 0 Å². The van der Waals surface area contributed by atoms with Gasteiger partial charge >= 0.3 is 0 Å². The molecule has 4 nitrogen and oxygen atoms in total. The van der Waals surface area contributed by atoms with Gasteiger partial charge in [-0.05, 0) is 31.0 Å². The molecule has 1 aliphatic rings. The molecule has 1 fully saturated rings. The molecule has 3 rings (SSSR count). The number of hydrogen-bond donors (Lipinski definition) is 2. The number of nitrogens with two attached hydrogens (primary N) is 1. The molecule has 20 heavy (non-hydrogen) atoms. The minimum Gasteiger partial charge on any atom is -0.494 e. The van der Waals surface area contributed by atoms with E-state index in [1.165, 1.54) is 25.7 Å². The average molecular weight is 292 g/mol. The number of hydrogen-bond acceptors (Lipinski definition) is 4. The lowest BCUT2D eigenvalue weighted by Crippen LogP contribution is -2.10. The Balaban J connectivity index is 2.25. The van der Waals surface area contributed by atoms with Crippen LogP contribution in [0.4, 0.5) is 5.69 Å². The van der Waals surface area contributed by atoms with Gasteiger partial charge in [0.1, 0.15) is 11.3 Å². The van der Waals surface area contributed by atoms with Crippen molar-refractivity contribution >= 4 is 28.2 Å². The van der Waals surface area contributed by atoms with Gasteiger partial charge in [-0.2, -0.15) is 0 Å². The summed E-state index contributed by atoms with van der Waals surface area (Å²) < 4.78 is 5.41. The standard InChI is InChI=1S/C15H18ClN3O/c1-20-13-7-6-10(16)14-12(19-17)8-11(18-15(13)14)9-4-2-3-5-9/h6-9H,2-5,17H2,1H3,(H,18,19). The Morgan fingerprint density at radius 2 is 2.10 bits per heavy atom. The first-order valence-electron chi connectivity index (χ1n) is 6.88. The molecule has 0 atom stereocenters. The maximum absolute atomic E-state index is 6.29. The number of nitrogen functional groups attached to an aromatic ring is 1. The molecule has 1 heterocycles. The fourth-order valence-corrected chi connectivity index (χ4v) is 3.26. The third-order valence-corrected chi connectivity index (χ3v) is 4.36. The van der Waals surface area contributed by atoms with Gasteiger partial charge in [-0.25, -0.2) is 4.98 Å². The molecule has 3 N–H and O–H groups in total. The molecule has 1 aliphatic carbocycles. The van der Waals surface area contributed by atoms with E-state index in [0.29, 0.717) is 10.9 Å². The maximum atomic E-state index is 6.29. The SMILES string of the molecule is COc1ccc(Cl)c2c(NN)cc(C3CCCC3)nc12. The van der Waals surface area contributed by atoms with E-state index in [4.69, 9.17) is 27.2 Å². The van der Waals surface area contributed by atoms with E-state index in [0.717, 1.165) is 28.0 Å². The van der Waals surface area contributed by atoms with Crippen molar-refractivity contribution in [1.29, 1.82) is 0 Å². The Hall–Kier alpha value is -1.52. The first-order chi connectivity index (χ1) is 9.74. The lowest BCUT2D eigenvalue weighted by atomic mass is 10.0. The number of benzene rings is 1. The summed E-state index contributed by atoms with van der Waals surface area (Å²) in [6, 6.07) is 5.67. The fourth-order valence-electron chi connectivity index (χ4n) is 3.01. The van der Waals surface area contributed by atoms with Crippen molar-refractivity contribution in [2.24, 2.45) is 5.84 Å². The molecule has 0 radical (unpaired) electrons. The summed E-state index contributed by atoms with van der Waals surface area (Å²) in [5, 5.41) is 1.44. The second-order valence-electron chi connectivity index (χ2n) is 5.19. The minimum atomic E-state index is 0.509. The van der Waals surface area contributed by atoms with Gasteiger partial charge < -0.3 is 10.2 Å². The van der Waals surface area contributed by atoms with E-state index in [1.807, 2.05) is 12.1 Å². The molecular weight excluding hydrogens is 274 g/mol. The van der Waals surface area contributed by atoms with Crippen LogP contribution in [0.5, 0.6) is 5.75 Å². The number of anilines is 1. The number of ether oxygens (including phenoxy) is 1. The van der Waals surface area contributed by atoms with Gasteiger partial charge in [-0.1, -0.05) is 24.4 Å². The van der Waals surface area contributed by atoms with Crippen LogP contribution in [0, 0.1) is 0 Å². The van der Waals surface area contributed by atoms with E-state index >= 15 is 0 Å². The predicted octanol–water partition coefficient (Wildman–Crippen LogP) is 3.84. The Labute approximate surface area is 123 Å². The predicted molar refractivity (Wildman–Crippen MR) is 82.3 cm³/mol. The summed E-state index contributed by atoms with van der Waals surface area (Å²) in [7, 11) is 1.64. The van der Waals surface area contributed by atoms with Crippen LogP contribution < -0.4 is 16.0 Å². The number of pyridine rings is 1. The topological polar surface area (TPSA) is 60.2 Å². The second kappa shape index (κ2) is 5.46. The van der Waals surface area contributed by atoms with Crippen molar-refractivity contribution in [3.63, 3.8) is 0 Å². The van der Waals surface area contributed by atoms with Crippen LogP contribution in [0.2, 0.25) is 5.02 Å². The first-order valence-corrected chi connectivity index (χ1v) is 7.26. The highest BCUT2D eigenvalue weighted by Gasteiger charge is 2.21. The van der Waals surface area contributed by atoms with Gasteiger partial charge in [-0.3, -0.25) is 5.84 Å². The van der Waals surface area contributed by atoms with E-state index in [9.17, 15) is 0 Å². The molecule has 1 aromatic heterocycles. The average Bonchev–Trinajstić information content (AvgIpc) is 3.01. The molecule has 0 spiro atoms. The lowest BCUT2D eigenvalue weighted by Gasteiger charge is -2.15. The number of rotatable bonds is 3. The summed E-state index contributed by atoms with van der Waals surface area (Å²) in [5.74, 6) is 6.90. The third kappa shape index (κ3) is 2.19. The number of fused-ring (bicyclic) bond motifs is 1. The quantitative estimate of drug-likeness (QED) is 0.666. The van der Waals surface area contributed by atoms with Crippen LogP contribution in [0.1, 0.15) is 37.3 Å². The molecule has 0 unspecified atom stereocenters. The van der Waals surface area contributed by atoms with E-state index in [-0.39, 0.29) is 0 Å². The highest BCUT2D eigenvalue weighted by molar-refractivity contribution is 6.36. The largest absolute Gasteiger partial charge is 0.494 e. The number of halogens is 1. The molecule has 0 bridgehead atoms. The van der Waals surface area contributed by atoms with Crippen molar-refractivity contribution in [2.75, 3.05) is 12.5 Å². The maximum Gasteiger partial charge on any atom is 0.145 e. The van der Waals surface area contributed by atoms with Crippen molar-refractivity contribution in [3.8, 4) is 5.75 Å². The molecule has 2 aromatic rings. The number of hydrazine groups is 1. The third-order valence-electron chi connectivity index (χ3n) is 4.04. The Morgan fingerprint density at radius 3 is 2.75 bits per heavy atom. The molecule has 106 valence electrons. The van der Waals surface area contributed by atoms with E-state index < -0.39 is 0 Å². The first kappa shape index (κ1) is 13.5. The minimum absolute atomic E-state index is 0.509. The number of nitrogens with zero attached hydrogens (tertiary/aromatic N) is 1. The highest BCUT2D eigenvalue weighted by Crippen LogP contribution is 2.40. The van der Waals surface area contributed by atoms with Gasteiger partial charge in [-0.15, -0.1) is 0 Å². The Kier molecular flexibility index (Phi) is 3.68. The molecular formula is C15H18ClN3O. The molecule has 0 aliphatic heterocycles. The summed E-state index contributed by atoms with van der Waals surface area (Å²) in [4.78, 5) is 4.79. The van der Waals surface area contributed by atoms with E-state index in [2.05, 4.69) is 5.43 Å². The van der Waals surface area contributed by atoms with Crippen LogP contribution in [-0.4, -0.2) is 12.1 Å².